The average Bonchev–Trinajstić information content (AvgIpc) is 3.19. The van der Waals surface area contributed by atoms with Crippen molar-refractivity contribution in [2.45, 2.75) is 18.7 Å². The Morgan fingerprint density at radius 2 is 2.09 bits per heavy atom. The number of nitrogens with zero attached hydrogens (tertiary/aromatic N) is 1. The molecule has 23 heavy (non-hydrogen) atoms. The Balaban J connectivity index is 1.66. The summed E-state index contributed by atoms with van der Waals surface area (Å²) in [6, 6.07) is 10.4. The van der Waals surface area contributed by atoms with Crippen molar-refractivity contribution in [2.75, 3.05) is 5.75 Å². The molecule has 1 N–H and O–H groups in total. The van der Waals surface area contributed by atoms with Crippen LogP contribution in [-0.4, -0.2) is 22.4 Å². The van der Waals surface area contributed by atoms with Gasteiger partial charge in [0.2, 0.25) is 6.41 Å². The van der Waals surface area contributed by atoms with Gasteiger partial charge in [-0.15, -0.1) is 22.7 Å². The second-order valence-electron chi connectivity index (χ2n) is 5.28. The summed E-state index contributed by atoms with van der Waals surface area (Å²) in [5.74, 6) is 1.53. The molecule has 0 radical (unpaired) electrons. The number of hydroxylamine groups is 2. The molecule has 0 unspecified atom stereocenters. The monoisotopic (exact) mass is 363 g/mol. The van der Waals surface area contributed by atoms with Crippen molar-refractivity contribution in [3.63, 3.8) is 0 Å². The summed E-state index contributed by atoms with van der Waals surface area (Å²) in [7, 11) is 0. The lowest BCUT2D eigenvalue weighted by molar-refractivity contribution is -0.158. The third-order valence-corrected chi connectivity index (χ3v) is 6.80. The fourth-order valence-electron chi connectivity index (χ4n) is 2.47. The van der Waals surface area contributed by atoms with Crippen molar-refractivity contribution in [2.24, 2.45) is 0 Å². The summed E-state index contributed by atoms with van der Waals surface area (Å²) >= 11 is 5.05. The zero-order valence-corrected chi connectivity index (χ0v) is 15.1. The van der Waals surface area contributed by atoms with Crippen LogP contribution in [0.4, 0.5) is 0 Å². The first kappa shape index (κ1) is 16.5. The number of benzene rings is 1. The maximum Gasteiger partial charge on any atom is 0.233 e. The largest absolute Gasteiger partial charge is 0.285 e. The second-order valence-corrected chi connectivity index (χ2v) is 8.20. The van der Waals surface area contributed by atoms with Gasteiger partial charge in [0.15, 0.2) is 0 Å². The normalized spacial score (nSPS) is 12.4. The Hall–Kier alpha value is -1.34. The van der Waals surface area contributed by atoms with Crippen molar-refractivity contribution >= 4 is 50.9 Å². The molecular weight excluding hydrogens is 346 g/mol. The van der Waals surface area contributed by atoms with Gasteiger partial charge in [-0.05, 0) is 58.5 Å². The molecule has 0 bridgehead atoms. The van der Waals surface area contributed by atoms with Crippen molar-refractivity contribution in [1.29, 1.82) is 0 Å². The molecule has 6 heteroatoms. The average molecular weight is 364 g/mol. The minimum absolute atomic E-state index is 0.289. The first-order valence-corrected chi connectivity index (χ1v) is 10.1. The smallest absolute Gasteiger partial charge is 0.233 e. The van der Waals surface area contributed by atoms with Crippen LogP contribution < -0.4 is 0 Å². The van der Waals surface area contributed by atoms with Crippen LogP contribution in [0, 0.1) is 6.92 Å². The first-order valence-electron chi connectivity index (χ1n) is 7.19. The van der Waals surface area contributed by atoms with Gasteiger partial charge >= 0.3 is 0 Å². The Bertz CT molecular complexity index is 796. The molecule has 1 amide bonds. The Morgan fingerprint density at radius 3 is 2.83 bits per heavy atom. The summed E-state index contributed by atoms with van der Waals surface area (Å²) in [6.07, 6.45) is 0.488. The van der Waals surface area contributed by atoms with E-state index >= 15 is 0 Å². The van der Waals surface area contributed by atoms with Gasteiger partial charge in [-0.1, -0.05) is 6.07 Å². The fourth-order valence-corrected chi connectivity index (χ4v) is 5.44. The van der Waals surface area contributed by atoms with Gasteiger partial charge < -0.3 is 0 Å². The molecule has 120 valence electrons. The summed E-state index contributed by atoms with van der Waals surface area (Å²) in [6.45, 7) is 2.01. The summed E-state index contributed by atoms with van der Waals surface area (Å²) in [5.41, 5.74) is 2.37. The lowest BCUT2D eigenvalue weighted by Gasteiger charge is -2.22. The first-order chi connectivity index (χ1) is 11.2. The molecule has 2 aromatic heterocycles. The number of rotatable bonds is 7. The number of hydrogen-bond donors (Lipinski definition) is 1. The Morgan fingerprint density at radius 1 is 1.26 bits per heavy atom. The van der Waals surface area contributed by atoms with Gasteiger partial charge in [-0.25, -0.2) is 5.06 Å². The Labute approximate surface area is 147 Å². The molecule has 0 aliphatic rings. The second kappa shape index (κ2) is 7.49. The van der Waals surface area contributed by atoms with Gasteiger partial charge in [0.1, 0.15) is 6.04 Å². The molecular formula is C17H17NO2S3. The Kier molecular flexibility index (Phi) is 5.38. The maximum absolute atomic E-state index is 11.0. The highest BCUT2D eigenvalue weighted by molar-refractivity contribution is 7.98. The predicted octanol–water partition coefficient (Wildman–Crippen LogP) is 5.09. The number of aryl methyl sites for hydroxylation is 1. The van der Waals surface area contributed by atoms with E-state index < -0.39 is 0 Å². The SMILES string of the molecule is Cc1ccsc1[C@@H](CSCc1ccc2sccc2c1)N(O)C=O. The molecule has 1 aromatic carbocycles. The minimum Gasteiger partial charge on any atom is -0.285 e. The van der Waals surface area contributed by atoms with Gasteiger partial charge in [0.05, 0.1) is 0 Å². The number of carbonyl (C=O) groups is 1. The molecule has 1 atom stereocenters. The van der Waals surface area contributed by atoms with Crippen LogP contribution >= 0.6 is 34.4 Å². The van der Waals surface area contributed by atoms with Gasteiger partial charge in [0, 0.05) is 21.1 Å². The number of carbonyl (C=O) groups excluding carboxylic acids is 1. The fraction of sp³-hybridized carbons (Fsp3) is 0.235. The van der Waals surface area contributed by atoms with Crippen molar-refractivity contribution in [3.05, 3.63) is 57.1 Å². The molecule has 0 aliphatic carbocycles. The van der Waals surface area contributed by atoms with E-state index in [1.165, 1.54) is 15.6 Å². The van der Waals surface area contributed by atoms with Crippen LogP contribution in [-0.2, 0) is 10.5 Å². The van der Waals surface area contributed by atoms with Crippen molar-refractivity contribution in [1.82, 2.24) is 5.06 Å². The number of thiophene rings is 2. The van der Waals surface area contributed by atoms with E-state index in [1.807, 2.05) is 18.4 Å². The highest BCUT2D eigenvalue weighted by atomic mass is 32.2. The van der Waals surface area contributed by atoms with Gasteiger partial charge in [-0.2, -0.15) is 11.8 Å². The molecule has 0 saturated carbocycles. The molecule has 2 heterocycles. The van der Waals surface area contributed by atoms with E-state index in [-0.39, 0.29) is 6.04 Å². The number of thioether (sulfide) groups is 1. The van der Waals surface area contributed by atoms with Crippen LogP contribution in [0.1, 0.15) is 22.0 Å². The van der Waals surface area contributed by atoms with Gasteiger partial charge in [-0.3, -0.25) is 10.0 Å². The lowest BCUT2D eigenvalue weighted by Crippen LogP contribution is -2.25. The predicted molar refractivity (Wildman–Crippen MR) is 99.5 cm³/mol. The zero-order chi connectivity index (χ0) is 16.2. The standard InChI is InChI=1S/C17H17NO2S3/c1-12-4-6-23-17(12)15(18(20)11-19)10-21-9-13-2-3-16-14(8-13)5-7-22-16/h2-8,11,15,20H,9-10H2,1H3/t15-/m1/s1. The third kappa shape index (κ3) is 3.77. The van der Waals surface area contributed by atoms with E-state index in [4.69, 9.17) is 0 Å². The molecule has 0 fully saturated rings. The van der Waals surface area contributed by atoms with E-state index in [0.29, 0.717) is 12.2 Å². The quantitative estimate of drug-likeness (QED) is 0.361. The lowest BCUT2D eigenvalue weighted by atomic mass is 10.2. The summed E-state index contributed by atoms with van der Waals surface area (Å²) in [5, 5.41) is 16.0. The van der Waals surface area contributed by atoms with Crippen molar-refractivity contribution in [3.8, 4) is 0 Å². The summed E-state index contributed by atoms with van der Waals surface area (Å²) in [4.78, 5) is 12.0. The van der Waals surface area contributed by atoms with Gasteiger partial charge in [0.25, 0.3) is 0 Å². The molecule has 0 saturated heterocycles. The van der Waals surface area contributed by atoms with Crippen LogP contribution in [0.25, 0.3) is 10.1 Å². The van der Waals surface area contributed by atoms with E-state index in [2.05, 4.69) is 29.6 Å². The van der Waals surface area contributed by atoms with Crippen molar-refractivity contribution < 1.29 is 10.0 Å². The maximum atomic E-state index is 11.0. The topological polar surface area (TPSA) is 40.5 Å². The van der Waals surface area contributed by atoms with E-state index in [9.17, 15) is 10.0 Å². The molecule has 3 aromatic rings. The molecule has 3 rings (SSSR count). The number of fused-ring (bicyclic) bond motifs is 1. The minimum atomic E-state index is -0.289. The van der Waals surface area contributed by atoms with Crippen LogP contribution in [0.3, 0.4) is 0 Å². The van der Waals surface area contributed by atoms with Crippen LogP contribution in [0.2, 0.25) is 0 Å². The number of amides is 1. The van der Waals surface area contributed by atoms with E-state index in [0.717, 1.165) is 21.3 Å². The zero-order valence-electron chi connectivity index (χ0n) is 12.6. The molecule has 0 spiro atoms. The highest BCUT2D eigenvalue weighted by Crippen LogP contribution is 2.31. The van der Waals surface area contributed by atoms with Crippen LogP contribution in [0.5, 0.6) is 0 Å². The van der Waals surface area contributed by atoms with Crippen LogP contribution in [0.15, 0.2) is 41.1 Å². The molecule has 0 aliphatic heterocycles. The molecule has 3 nitrogen and oxygen atoms in total. The van der Waals surface area contributed by atoms with E-state index in [1.54, 1.807) is 34.4 Å². The third-order valence-electron chi connectivity index (χ3n) is 3.69. The summed E-state index contributed by atoms with van der Waals surface area (Å²) < 4.78 is 1.30. The number of hydrogen-bond acceptors (Lipinski definition) is 5. The highest BCUT2D eigenvalue weighted by Gasteiger charge is 2.21.